The van der Waals surface area contributed by atoms with E-state index in [-0.39, 0.29) is 18.6 Å². The predicted molar refractivity (Wildman–Crippen MR) is 62.8 cm³/mol. The average molecular weight is 244 g/mol. The van der Waals surface area contributed by atoms with Gasteiger partial charge in [-0.15, -0.1) is 0 Å². The lowest BCUT2D eigenvalue weighted by molar-refractivity contribution is -0.123. The molecule has 0 fully saturated rings. The number of pyridine rings is 1. The lowest BCUT2D eigenvalue weighted by atomic mass is 10.1. The number of aromatic nitrogens is 1. The molecule has 1 aliphatic carbocycles. The van der Waals surface area contributed by atoms with Crippen LogP contribution < -0.4 is 5.32 Å². The molecule has 5 heteroatoms. The first kappa shape index (κ1) is 10.8. The SMILES string of the molecule is O=C(NCc1cccnc1)C1C=CC2=C1OCO2. The van der Waals surface area contributed by atoms with E-state index in [9.17, 15) is 4.79 Å². The molecular weight excluding hydrogens is 232 g/mol. The molecule has 1 aromatic heterocycles. The van der Waals surface area contributed by atoms with E-state index in [0.29, 0.717) is 18.1 Å². The van der Waals surface area contributed by atoms with E-state index < -0.39 is 0 Å². The number of allylic oxidation sites excluding steroid dienone is 1. The van der Waals surface area contributed by atoms with Gasteiger partial charge in [0.05, 0.1) is 0 Å². The molecular formula is C13H12N2O3. The maximum Gasteiger partial charge on any atom is 0.235 e. The first-order valence-electron chi connectivity index (χ1n) is 5.69. The minimum absolute atomic E-state index is 0.0920. The minimum atomic E-state index is -0.376. The second-order valence-electron chi connectivity index (χ2n) is 4.05. The number of ether oxygens (including phenoxy) is 2. The molecule has 1 aliphatic heterocycles. The van der Waals surface area contributed by atoms with Gasteiger partial charge in [0.25, 0.3) is 0 Å². The van der Waals surface area contributed by atoms with E-state index in [1.807, 2.05) is 12.1 Å². The molecule has 2 heterocycles. The van der Waals surface area contributed by atoms with Crippen molar-refractivity contribution in [2.45, 2.75) is 6.54 Å². The van der Waals surface area contributed by atoms with Crippen molar-refractivity contribution >= 4 is 5.91 Å². The number of hydrogen-bond acceptors (Lipinski definition) is 4. The van der Waals surface area contributed by atoms with Gasteiger partial charge in [0.2, 0.25) is 12.7 Å². The van der Waals surface area contributed by atoms with Gasteiger partial charge in [-0.05, 0) is 17.7 Å². The topological polar surface area (TPSA) is 60.5 Å². The first-order chi connectivity index (χ1) is 8.84. The molecule has 0 spiro atoms. The second kappa shape index (κ2) is 4.52. The molecule has 0 radical (unpaired) electrons. The molecule has 1 N–H and O–H groups in total. The summed E-state index contributed by atoms with van der Waals surface area (Å²) < 4.78 is 10.5. The maximum atomic E-state index is 12.0. The van der Waals surface area contributed by atoms with Crippen LogP contribution in [0.4, 0.5) is 0 Å². The van der Waals surface area contributed by atoms with Gasteiger partial charge in [0.1, 0.15) is 5.92 Å². The van der Waals surface area contributed by atoms with E-state index in [1.165, 1.54) is 0 Å². The molecule has 0 bridgehead atoms. The Morgan fingerprint density at radius 3 is 3.28 bits per heavy atom. The van der Waals surface area contributed by atoms with Crippen LogP contribution in [0.5, 0.6) is 0 Å². The standard InChI is InChI=1S/C13H12N2O3/c16-13(15-7-9-2-1-5-14-6-9)10-3-4-11-12(10)18-8-17-11/h1-6,10H,7-8H2,(H,15,16). The smallest absolute Gasteiger partial charge is 0.235 e. The van der Waals surface area contributed by atoms with E-state index in [0.717, 1.165) is 5.56 Å². The highest BCUT2D eigenvalue weighted by Gasteiger charge is 2.32. The van der Waals surface area contributed by atoms with Crippen LogP contribution in [0.15, 0.2) is 48.2 Å². The Labute approximate surface area is 104 Å². The summed E-state index contributed by atoms with van der Waals surface area (Å²) in [5.41, 5.74) is 0.964. The number of nitrogens with zero attached hydrogens (tertiary/aromatic N) is 1. The molecule has 0 saturated carbocycles. The summed E-state index contributed by atoms with van der Waals surface area (Å²) in [6, 6.07) is 3.75. The highest BCUT2D eigenvalue weighted by Crippen LogP contribution is 2.31. The molecule has 0 aromatic carbocycles. The summed E-state index contributed by atoms with van der Waals surface area (Å²) in [7, 11) is 0. The fourth-order valence-electron chi connectivity index (χ4n) is 1.95. The first-order valence-corrected chi connectivity index (χ1v) is 5.69. The van der Waals surface area contributed by atoms with Crippen molar-refractivity contribution in [3.05, 3.63) is 53.8 Å². The number of hydrogen-bond donors (Lipinski definition) is 1. The van der Waals surface area contributed by atoms with E-state index in [1.54, 1.807) is 24.5 Å². The number of carbonyl (C=O) groups is 1. The highest BCUT2D eigenvalue weighted by atomic mass is 16.7. The number of rotatable bonds is 3. The monoisotopic (exact) mass is 244 g/mol. The predicted octanol–water partition coefficient (Wildman–Crippen LogP) is 1.10. The molecule has 0 saturated heterocycles. The van der Waals surface area contributed by atoms with Crippen LogP contribution in [0.25, 0.3) is 0 Å². The third-order valence-corrected chi connectivity index (χ3v) is 2.87. The van der Waals surface area contributed by atoms with Crippen LogP contribution in [-0.4, -0.2) is 17.7 Å². The van der Waals surface area contributed by atoms with Crippen molar-refractivity contribution in [2.24, 2.45) is 5.92 Å². The quantitative estimate of drug-likeness (QED) is 0.865. The zero-order chi connectivity index (χ0) is 12.4. The summed E-state index contributed by atoms with van der Waals surface area (Å²) >= 11 is 0. The number of nitrogens with one attached hydrogen (secondary N) is 1. The normalized spacial score (nSPS) is 20.3. The van der Waals surface area contributed by atoms with Crippen molar-refractivity contribution in [2.75, 3.05) is 6.79 Å². The second-order valence-corrected chi connectivity index (χ2v) is 4.05. The zero-order valence-corrected chi connectivity index (χ0v) is 9.63. The highest BCUT2D eigenvalue weighted by molar-refractivity contribution is 5.84. The van der Waals surface area contributed by atoms with E-state index >= 15 is 0 Å². The van der Waals surface area contributed by atoms with Crippen LogP contribution in [0.1, 0.15) is 5.56 Å². The minimum Gasteiger partial charge on any atom is -0.457 e. The summed E-state index contributed by atoms with van der Waals surface area (Å²) in [6.07, 6.45) is 6.98. The van der Waals surface area contributed by atoms with Crippen molar-refractivity contribution in [3.63, 3.8) is 0 Å². The summed E-state index contributed by atoms with van der Waals surface area (Å²) in [4.78, 5) is 16.0. The Kier molecular flexibility index (Phi) is 2.72. The Hall–Kier alpha value is -2.30. The van der Waals surface area contributed by atoms with Crippen LogP contribution in [0, 0.1) is 5.92 Å². The number of amides is 1. The molecule has 1 aromatic rings. The van der Waals surface area contributed by atoms with Crippen molar-refractivity contribution in [3.8, 4) is 0 Å². The maximum absolute atomic E-state index is 12.0. The van der Waals surface area contributed by atoms with Gasteiger partial charge in [-0.25, -0.2) is 0 Å². The van der Waals surface area contributed by atoms with Crippen LogP contribution >= 0.6 is 0 Å². The van der Waals surface area contributed by atoms with Gasteiger partial charge in [-0.1, -0.05) is 12.1 Å². The van der Waals surface area contributed by atoms with Crippen LogP contribution in [0.3, 0.4) is 0 Å². The van der Waals surface area contributed by atoms with E-state index in [2.05, 4.69) is 10.3 Å². The summed E-state index contributed by atoms with van der Waals surface area (Å²) in [5.74, 6) is 0.806. The zero-order valence-electron chi connectivity index (χ0n) is 9.63. The molecule has 5 nitrogen and oxygen atoms in total. The molecule has 1 amide bonds. The lowest BCUT2D eigenvalue weighted by Gasteiger charge is -2.11. The lowest BCUT2D eigenvalue weighted by Crippen LogP contribution is -2.30. The molecule has 3 rings (SSSR count). The van der Waals surface area contributed by atoms with E-state index in [4.69, 9.17) is 9.47 Å². The fraction of sp³-hybridized carbons (Fsp3) is 0.231. The van der Waals surface area contributed by atoms with Crippen molar-refractivity contribution in [1.82, 2.24) is 10.3 Å². The van der Waals surface area contributed by atoms with Gasteiger partial charge in [0.15, 0.2) is 11.5 Å². The molecule has 92 valence electrons. The van der Waals surface area contributed by atoms with Gasteiger partial charge in [-0.3, -0.25) is 9.78 Å². The van der Waals surface area contributed by atoms with Crippen molar-refractivity contribution in [1.29, 1.82) is 0 Å². The van der Waals surface area contributed by atoms with Crippen molar-refractivity contribution < 1.29 is 14.3 Å². The largest absolute Gasteiger partial charge is 0.457 e. The Morgan fingerprint density at radius 2 is 2.44 bits per heavy atom. The fourth-order valence-corrected chi connectivity index (χ4v) is 1.95. The van der Waals surface area contributed by atoms with Crippen LogP contribution in [-0.2, 0) is 20.8 Å². The number of carbonyl (C=O) groups excluding carboxylic acids is 1. The third kappa shape index (κ3) is 1.95. The summed E-state index contributed by atoms with van der Waals surface area (Å²) in [5, 5.41) is 2.85. The molecule has 18 heavy (non-hydrogen) atoms. The Bertz CT molecular complexity index is 522. The Balaban J connectivity index is 1.61. The molecule has 2 aliphatic rings. The average Bonchev–Trinajstić information content (AvgIpc) is 2.99. The third-order valence-electron chi connectivity index (χ3n) is 2.87. The van der Waals surface area contributed by atoms with Gasteiger partial charge >= 0.3 is 0 Å². The summed E-state index contributed by atoms with van der Waals surface area (Å²) in [6.45, 7) is 0.655. The Morgan fingerprint density at radius 1 is 1.50 bits per heavy atom. The van der Waals surface area contributed by atoms with Gasteiger partial charge in [0, 0.05) is 18.9 Å². The van der Waals surface area contributed by atoms with Gasteiger partial charge < -0.3 is 14.8 Å². The van der Waals surface area contributed by atoms with Gasteiger partial charge in [-0.2, -0.15) is 0 Å². The van der Waals surface area contributed by atoms with Crippen LogP contribution in [0.2, 0.25) is 0 Å². The molecule has 1 atom stereocenters. The molecule has 1 unspecified atom stereocenters.